The summed E-state index contributed by atoms with van der Waals surface area (Å²) in [5.41, 5.74) is 1.68. The normalized spacial score (nSPS) is 9.72. The molecule has 0 fully saturated rings. The van der Waals surface area contributed by atoms with Gasteiger partial charge in [-0.2, -0.15) is 4.98 Å². The minimum Gasteiger partial charge on any atom is -0.426 e. The molecule has 0 N–H and O–H groups in total. The first-order valence-corrected chi connectivity index (χ1v) is 5.16. The van der Waals surface area contributed by atoms with Gasteiger partial charge in [0, 0.05) is 19.4 Å². The molecule has 0 unspecified atom stereocenters. The van der Waals surface area contributed by atoms with Crippen LogP contribution >= 0.6 is 0 Å². The lowest BCUT2D eigenvalue weighted by Crippen LogP contribution is -2.02. The SMILES string of the molecule is C.CC(=O)Oc1ccc(-c2noc(C)n2)cc1C. The second-order valence-electron chi connectivity index (χ2n) is 3.71. The van der Waals surface area contributed by atoms with Crippen molar-refractivity contribution in [2.24, 2.45) is 0 Å². The molecule has 96 valence electrons. The maximum Gasteiger partial charge on any atom is 0.308 e. The van der Waals surface area contributed by atoms with Gasteiger partial charge in [0.1, 0.15) is 5.75 Å². The molecule has 0 saturated heterocycles. The highest BCUT2D eigenvalue weighted by Crippen LogP contribution is 2.24. The number of nitrogens with zero attached hydrogens (tertiary/aromatic N) is 2. The number of aromatic nitrogens is 2. The molecule has 0 saturated carbocycles. The highest BCUT2D eigenvalue weighted by Gasteiger charge is 2.09. The van der Waals surface area contributed by atoms with Crippen molar-refractivity contribution in [2.45, 2.75) is 28.2 Å². The molecule has 1 aromatic carbocycles. The van der Waals surface area contributed by atoms with Crippen LogP contribution in [0, 0.1) is 13.8 Å². The van der Waals surface area contributed by atoms with Crippen molar-refractivity contribution in [3.63, 3.8) is 0 Å². The summed E-state index contributed by atoms with van der Waals surface area (Å²) in [6.45, 7) is 4.96. The fourth-order valence-electron chi connectivity index (χ4n) is 1.47. The molecule has 0 aliphatic rings. The average Bonchev–Trinajstić information content (AvgIpc) is 2.67. The van der Waals surface area contributed by atoms with Crippen LogP contribution in [0.15, 0.2) is 22.7 Å². The minimum absolute atomic E-state index is 0. The highest BCUT2D eigenvalue weighted by molar-refractivity contribution is 5.70. The number of aryl methyl sites for hydroxylation is 2. The molecule has 0 atom stereocenters. The summed E-state index contributed by atoms with van der Waals surface area (Å²) in [5.74, 6) is 1.25. The number of benzene rings is 1. The predicted molar refractivity (Wildman–Crippen MR) is 67.2 cm³/mol. The van der Waals surface area contributed by atoms with E-state index >= 15 is 0 Å². The average molecular weight is 248 g/mol. The smallest absolute Gasteiger partial charge is 0.308 e. The van der Waals surface area contributed by atoms with E-state index in [9.17, 15) is 4.79 Å². The fraction of sp³-hybridized carbons (Fsp3) is 0.308. The van der Waals surface area contributed by atoms with Gasteiger partial charge in [-0.3, -0.25) is 4.79 Å². The van der Waals surface area contributed by atoms with Crippen LogP contribution in [-0.4, -0.2) is 16.1 Å². The lowest BCUT2D eigenvalue weighted by Gasteiger charge is -2.05. The summed E-state index contributed by atoms with van der Waals surface area (Å²) in [6, 6.07) is 5.36. The van der Waals surface area contributed by atoms with Gasteiger partial charge in [0.05, 0.1) is 0 Å². The molecule has 0 radical (unpaired) electrons. The van der Waals surface area contributed by atoms with Crippen LogP contribution in [0.5, 0.6) is 5.75 Å². The molecular formula is C13H16N2O3. The Morgan fingerprint density at radius 3 is 2.56 bits per heavy atom. The molecule has 18 heavy (non-hydrogen) atoms. The summed E-state index contributed by atoms with van der Waals surface area (Å²) in [5, 5.41) is 3.82. The van der Waals surface area contributed by atoms with Crippen molar-refractivity contribution in [3.05, 3.63) is 29.7 Å². The van der Waals surface area contributed by atoms with Gasteiger partial charge in [-0.05, 0) is 30.7 Å². The molecule has 0 aliphatic carbocycles. The monoisotopic (exact) mass is 248 g/mol. The summed E-state index contributed by atoms with van der Waals surface area (Å²) in [6.07, 6.45) is 0. The number of ether oxygens (including phenoxy) is 1. The summed E-state index contributed by atoms with van der Waals surface area (Å²) in [4.78, 5) is 15.0. The summed E-state index contributed by atoms with van der Waals surface area (Å²) in [7, 11) is 0. The van der Waals surface area contributed by atoms with Crippen molar-refractivity contribution in [1.29, 1.82) is 0 Å². The van der Waals surface area contributed by atoms with Gasteiger partial charge in [-0.1, -0.05) is 12.6 Å². The van der Waals surface area contributed by atoms with Crippen LogP contribution in [0.4, 0.5) is 0 Å². The van der Waals surface area contributed by atoms with Gasteiger partial charge in [-0.25, -0.2) is 0 Å². The molecule has 0 amide bonds. The van der Waals surface area contributed by atoms with Gasteiger partial charge in [0.25, 0.3) is 0 Å². The Hall–Kier alpha value is -2.17. The quantitative estimate of drug-likeness (QED) is 0.604. The second kappa shape index (κ2) is 5.44. The largest absolute Gasteiger partial charge is 0.426 e. The number of rotatable bonds is 2. The zero-order chi connectivity index (χ0) is 12.4. The molecule has 2 rings (SSSR count). The first kappa shape index (κ1) is 13.9. The molecule has 0 aliphatic heterocycles. The van der Waals surface area contributed by atoms with Gasteiger partial charge in [-0.15, -0.1) is 0 Å². The topological polar surface area (TPSA) is 65.2 Å². The molecule has 1 aromatic heterocycles. The zero-order valence-electron chi connectivity index (χ0n) is 9.85. The molecule has 0 bridgehead atoms. The van der Waals surface area contributed by atoms with Crippen molar-refractivity contribution >= 4 is 5.97 Å². The Morgan fingerprint density at radius 2 is 2.06 bits per heavy atom. The van der Waals surface area contributed by atoms with Crippen LogP contribution in [0.2, 0.25) is 0 Å². The lowest BCUT2D eigenvalue weighted by molar-refractivity contribution is -0.131. The molecular weight excluding hydrogens is 232 g/mol. The van der Waals surface area contributed by atoms with Gasteiger partial charge in [0.15, 0.2) is 0 Å². The van der Waals surface area contributed by atoms with Crippen LogP contribution < -0.4 is 4.74 Å². The Bertz CT molecular complexity index is 561. The Balaban J connectivity index is 0.00000162. The van der Waals surface area contributed by atoms with Crippen LogP contribution in [0.25, 0.3) is 11.4 Å². The van der Waals surface area contributed by atoms with Crippen molar-refractivity contribution in [3.8, 4) is 17.1 Å². The van der Waals surface area contributed by atoms with E-state index in [-0.39, 0.29) is 13.4 Å². The van der Waals surface area contributed by atoms with Crippen LogP contribution in [0.3, 0.4) is 0 Å². The van der Waals surface area contributed by atoms with E-state index in [2.05, 4.69) is 10.1 Å². The van der Waals surface area contributed by atoms with E-state index in [0.29, 0.717) is 17.5 Å². The number of carbonyl (C=O) groups is 1. The predicted octanol–water partition coefficient (Wildman–Crippen LogP) is 2.91. The fourth-order valence-corrected chi connectivity index (χ4v) is 1.47. The molecule has 0 spiro atoms. The molecule has 5 nitrogen and oxygen atoms in total. The zero-order valence-corrected chi connectivity index (χ0v) is 9.85. The summed E-state index contributed by atoms with van der Waals surface area (Å²) >= 11 is 0. The lowest BCUT2D eigenvalue weighted by atomic mass is 10.1. The standard InChI is InChI=1S/C12H12N2O3.CH4/c1-7-6-10(12-13-8(2)17-14-12)4-5-11(7)16-9(3)15;/h4-6H,1-3H3;1H4. The van der Waals surface area contributed by atoms with Crippen molar-refractivity contribution in [2.75, 3.05) is 0 Å². The molecule has 1 heterocycles. The van der Waals surface area contributed by atoms with Gasteiger partial charge >= 0.3 is 5.97 Å². The Morgan fingerprint density at radius 1 is 1.33 bits per heavy atom. The third-order valence-electron chi connectivity index (χ3n) is 2.21. The van der Waals surface area contributed by atoms with E-state index < -0.39 is 0 Å². The Kier molecular flexibility index (Phi) is 4.20. The van der Waals surface area contributed by atoms with Crippen LogP contribution in [0.1, 0.15) is 25.8 Å². The van der Waals surface area contributed by atoms with Crippen LogP contribution in [-0.2, 0) is 4.79 Å². The van der Waals surface area contributed by atoms with Crippen molar-refractivity contribution < 1.29 is 14.1 Å². The molecule has 2 aromatic rings. The number of hydrogen-bond acceptors (Lipinski definition) is 5. The van der Waals surface area contributed by atoms with Gasteiger partial charge < -0.3 is 9.26 Å². The maximum absolute atomic E-state index is 10.9. The first-order chi connectivity index (χ1) is 8.06. The number of hydrogen-bond donors (Lipinski definition) is 0. The van der Waals surface area contributed by atoms with E-state index in [1.54, 1.807) is 19.1 Å². The Labute approximate surface area is 106 Å². The second-order valence-corrected chi connectivity index (χ2v) is 3.71. The van der Waals surface area contributed by atoms with Gasteiger partial charge in [0.2, 0.25) is 11.7 Å². The number of esters is 1. The third kappa shape index (κ3) is 2.94. The maximum atomic E-state index is 10.9. The third-order valence-corrected chi connectivity index (χ3v) is 2.21. The number of carbonyl (C=O) groups excluding carboxylic acids is 1. The minimum atomic E-state index is -0.337. The summed E-state index contributed by atoms with van der Waals surface area (Å²) < 4.78 is 9.94. The van der Waals surface area contributed by atoms with E-state index in [1.165, 1.54) is 6.92 Å². The highest BCUT2D eigenvalue weighted by atomic mass is 16.5. The van der Waals surface area contributed by atoms with E-state index in [4.69, 9.17) is 9.26 Å². The first-order valence-electron chi connectivity index (χ1n) is 5.16. The van der Waals surface area contributed by atoms with E-state index in [0.717, 1.165) is 11.1 Å². The molecule has 5 heteroatoms. The van der Waals surface area contributed by atoms with E-state index in [1.807, 2.05) is 13.0 Å². The van der Waals surface area contributed by atoms with Crippen molar-refractivity contribution in [1.82, 2.24) is 10.1 Å².